The molecule has 1 heterocycles. The number of nitrogens with two attached hydrogens (primary N) is 1. The van der Waals surface area contributed by atoms with E-state index in [9.17, 15) is 0 Å². The Balaban J connectivity index is 2.98. The highest BCUT2D eigenvalue weighted by molar-refractivity contribution is 5.34. The van der Waals surface area contributed by atoms with E-state index in [1.165, 1.54) is 0 Å². The largest absolute Gasteiger partial charge is 0.481 e. The summed E-state index contributed by atoms with van der Waals surface area (Å²) in [6.45, 7) is 0.570. The Hall–Kier alpha value is -1.36. The fraction of sp³-hybridized carbons (Fsp3) is 0.556. The van der Waals surface area contributed by atoms with Crippen LogP contribution in [0.4, 0.5) is 5.95 Å². The van der Waals surface area contributed by atoms with Gasteiger partial charge in [0, 0.05) is 25.9 Å². The molecule has 0 unspecified atom stereocenters. The molecule has 5 heteroatoms. The molecule has 0 bridgehead atoms. The lowest BCUT2D eigenvalue weighted by Crippen LogP contribution is -2.14. The van der Waals surface area contributed by atoms with Crippen LogP contribution in [0.2, 0.25) is 0 Å². The third kappa shape index (κ3) is 2.32. The molecule has 0 aliphatic rings. The summed E-state index contributed by atoms with van der Waals surface area (Å²) in [5.41, 5.74) is 6.41. The number of anilines is 1. The predicted octanol–water partition coefficient (Wildman–Crippen LogP) is 0.0524. The molecule has 0 saturated heterocycles. The monoisotopic (exact) mass is 196 g/mol. The standard InChI is InChI=1S/C9H16N4O/c1-13(2)9-11-6-7(4-5-10)8(12-9)14-3/h6H,4-5,10H2,1-3H3. The fourth-order valence-electron chi connectivity index (χ4n) is 1.10. The predicted molar refractivity (Wildman–Crippen MR) is 55.7 cm³/mol. The summed E-state index contributed by atoms with van der Waals surface area (Å²) in [4.78, 5) is 10.3. The second-order valence-corrected chi connectivity index (χ2v) is 3.14. The van der Waals surface area contributed by atoms with E-state index in [-0.39, 0.29) is 0 Å². The van der Waals surface area contributed by atoms with Crippen LogP contribution in [-0.4, -0.2) is 37.7 Å². The fourth-order valence-corrected chi connectivity index (χ4v) is 1.10. The van der Waals surface area contributed by atoms with Gasteiger partial charge in [-0.1, -0.05) is 0 Å². The van der Waals surface area contributed by atoms with Crippen LogP contribution in [0.5, 0.6) is 5.88 Å². The minimum Gasteiger partial charge on any atom is -0.481 e. The molecule has 1 aromatic rings. The van der Waals surface area contributed by atoms with Gasteiger partial charge >= 0.3 is 0 Å². The Morgan fingerprint density at radius 3 is 2.71 bits per heavy atom. The van der Waals surface area contributed by atoms with E-state index in [4.69, 9.17) is 10.5 Å². The van der Waals surface area contributed by atoms with Gasteiger partial charge in [-0.05, 0) is 13.0 Å². The summed E-state index contributed by atoms with van der Waals surface area (Å²) in [7, 11) is 5.37. The highest BCUT2D eigenvalue weighted by atomic mass is 16.5. The van der Waals surface area contributed by atoms with Crippen molar-refractivity contribution in [3.8, 4) is 5.88 Å². The zero-order valence-corrected chi connectivity index (χ0v) is 8.82. The van der Waals surface area contributed by atoms with Gasteiger partial charge in [-0.3, -0.25) is 0 Å². The molecular weight excluding hydrogens is 180 g/mol. The van der Waals surface area contributed by atoms with Crippen molar-refractivity contribution in [3.05, 3.63) is 11.8 Å². The lowest BCUT2D eigenvalue weighted by atomic mass is 10.2. The van der Waals surface area contributed by atoms with Crippen LogP contribution in [0.25, 0.3) is 0 Å². The molecular formula is C9H16N4O. The minimum atomic E-state index is 0.570. The molecule has 5 nitrogen and oxygen atoms in total. The number of aromatic nitrogens is 2. The first-order valence-electron chi connectivity index (χ1n) is 4.46. The summed E-state index contributed by atoms with van der Waals surface area (Å²) in [5, 5.41) is 0. The molecule has 0 aliphatic heterocycles. The molecule has 1 aromatic heterocycles. The molecule has 0 radical (unpaired) electrons. The summed E-state index contributed by atoms with van der Waals surface area (Å²) in [6, 6.07) is 0. The maximum Gasteiger partial charge on any atom is 0.228 e. The lowest BCUT2D eigenvalue weighted by molar-refractivity contribution is 0.391. The molecule has 0 aromatic carbocycles. The van der Waals surface area contributed by atoms with Crippen molar-refractivity contribution >= 4 is 5.95 Å². The van der Waals surface area contributed by atoms with E-state index in [1.54, 1.807) is 13.3 Å². The van der Waals surface area contributed by atoms with Crippen LogP contribution in [0.3, 0.4) is 0 Å². The van der Waals surface area contributed by atoms with E-state index >= 15 is 0 Å². The smallest absolute Gasteiger partial charge is 0.228 e. The van der Waals surface area contributed by atoms with E-state index in [0.29, 0.717) is 18.4 Å². The van der Waals surface area contributed by atoms with E-state index in [0.717, 1.165) is 12.0 Å². The average Bonchev–Trinajstić information content (AvgIpc) is 2.18. The van der Waals surface area contributed by atoms with Crippen LogP contribution in [0, 0.1) is 0 Å². The molecule has 78 valence electrons. The first kappa shape index (κ1) is 10.7. The molecule has 1 rings (SSSR count). The summed E-state index contributed by atoms with van der Waals surface area (Å²) < 4.78 is 5.16. The zero-order chi connectivity index (χ0) is 10.6. The highest BCUT2D eigenvalue weighted by Gasteiger charge is 2.07. The van der Waals surface area contributed by atoms with Gasteiger partial charge in [0.05, 0.1) is 7.11 Å². The lowest BCUT2D eigenvalue weighted by Gasteiger charge is -2.12. The summed E-state index contributed by atoms with van der Waals surface area (Å²) in [5.74, 6) is 1.25. The number of nitrogens with zero attached hydrogens (tertiary/aromatic N) is 3. The van der Waals surface area contributed by atoms with E-state index in [1.807, 2.05) is 19.0 Å². The van der Waals surface area contributed by atoms with Crippen LogP contribution in [0.15, 0.2) is 6.20 Å². The van der Waals surface area contributed by atoms with Crippen molar-refractivity contribution in [2.24, 2.45) is 5.73 Å². The average molecular weight is 196 g/mol. The van der Waals surface area contributed by atoms with Crippen LogP contribution in [-0.2, 0) is 6.42 Å². The van der Waals surface area contributed by atoms with Crippen molar-refractivity contribution in [1.82, 2.24) is 9.97 Å². The molecule has 0 amide bonds. The third-order valence-corrected chi connectivity index (χ3v) is 1.82. The molecule has 0 atom stereocenters. The highest BCUT2D eigenvalue weighted by Crippen LogP contribution is 2.17. The molecule has 14 heavy (non-hydrogen) atoms. The van der Waals surface area contributed by atoms with Gasteiger partial charge in [0.1, 0.15) is 0 Å². The van der Waals surface area contributed by atoms with Crippen molar-refractivity contribution < 1.29 is 4.74 Å². The van der Waals surface area contributed by atoms with Gasteiger partial charge in [0.15, 0.2) is 0 Å². The quantitative estimate of drug-likeness (QED) is 0.737. The number of hydrogen-bond donors (Lipinski definition) is 1. The van der Waals surface area contributed by atoms with E-state index < -0.39 is 0 Å². The van der Waals surface area contributed by atoms with Gasteiger partial charge in [0.25, 0.3) is 0 Å². The number of methoxy groups -OCH3 is 1. The molecule has 0 aliphatic carbocycles. The normalized spacial score (nSPS) is 10.0. The van der Waals surface area contributed by atoms with Gasteiger partial charge in [0.2, 0.25) is 11.8 Å². The van der Waals surface area contributed by atoms with Gasteiger partial charge in [-0.25, -0.2) is 4.98 Å². The molecule has 0 fully saturated rings. The number of ether oxygens (including phenoxy) is 1. The third-order valence-electron chi connectivity index (χ3n) is 1.82. The second-order valence-electron chi connectivity index (χ2n) is 3.14. The Kier molecular flexibility index (Phi) is 3.64. The molecule has 2 N–H and O–H groups in total. The zero-order valence-electron chi connectivity index (χ0n) is 8.82. The minimum absolute atomic E-state index is 0.570. The first-order valence-corrected chi connectivity index (χ1v) is 4.46. The van der Waals surface area contributed by atoms with Crippen molar-refractivity contribution in [2.45, 2.75) is 6.42 Å². The SMILES string of the molecule is COc1nc(N(C)C)ncc1CCN. The number of rotatable bonds is 4. The topological polar surface area (TPSA) is 64.3 Å². The Labute approximate surface area is 83.9 Å². The van der Waals surface area contributed by atoms with Gasteiger partial charge in [-0.15, -0.1) is 0 Å². The van der Waals surface area contributed by atoms with E-state index in [2.05, 4.69) is 9.97 Å². The molecule has 0 saturated carbocycles. The van der Waals surface area contributed by atoms with Crippen molar-refractivity contribution in [2.75, 3.05) is 32.6 Å². The first-order chi connectivity index (χ1) is 6.69. The Bertz CT molecular complexity index is 301. The van der Waals surface area contributed by atoms with Crippen LogP contribution in [0.1, 0.15) is 5.56 Å². The summed E-state index contributed by atoms with van der Waals surface area (Å²) >= 11 is 0. The van der Waals surface area contributed by atoms with Crippen molar-refractivity contribution in [3.63, 3.8) is 0 Å². The van der Waals surface area contributed by atoms with Gasteiger partial charge in [-0.2, -0.15) is 4.98 Å². The maximum atomic E-state index is 5.46. The van der Waals surface area contributed by atoms with Crippen LogP contribution < -0.4 is 15.4 Å². The Morgan fingerprint density at radius 2 is 2.21 bits per heavy atom. The molecule has 0 spiro atoms. The second kappa shape index (κ2) is 4.76. The Morgan fingerprint density at radius 1 is 1.50 bits per heavy atom. The van der Waals surface area contributed by atoms with Gasteiger partial charge < -0.3 is 15.4 Å². The summed E-state index contributed by atoms with van der Waals surface area (Å²) in [6.07, 6.45) is 2.49. The van der Waals surface area contributed by atoms with Crippen LogP contribution >= 0.6 is 0 Å². The maximum absolute atomic E-state index is 5.46. The number of hydrogen-bond acceptors (Lipinski definition) is 5. The van der Waals surface area contributed by atoms with Crippen molar-refractivity contribution in [1.29, 1.82) is 0 Å².